The number of nitrogens with zero attached hydrogens (tertiary/aromatic N) is 2. The maximum absolute atomic E-state index is 11.3. The zero-order chi connectivity index (χ0) is 19.7. The number of halogens is 2. The van der Waals surface area contributed by atoms with Crippen molar-refractivity contribution < 1.29 is 4.92 Å². The first-order valence-corrected chi connectivity index (χ1v) is 10.3. The minimum absolute atomic E-state index is 0.00553. The summed E-state index contributed by atoms with van der Waals surface area (Å²) in [6.07, 6.45) is 0. The zero-order valence-electron chi connectivity index (χ0n) is 14.4. The van der Waals surface area contributed by atoms with Gasteiger partial charge in [-0.1, -0.05) is 42.5 Å². The Morgan fingerprint density at radius 1 is 0.929 bits per heavy atom. The van der Waals surface area contributed by atoms with Gasteiger partial charge in [0, 0.05) is 26.3 Å². The molecule has 0 aliphatic carbocycles. The van der Waals surface area contributed by atoms with Crippen LogP contribution in [0.3, 0.4) is 0 Å². The SMILES string of the molecule is O=[N+]([O-])c1cc(-c2nc(-c3ccccc3)c(-c3ccc(I)cc3)[nH]2)ccc1Br. The van der Waals surface area contributed by atoms with Crippen LogP contribution in [0.1, 0.15) is 0 Å². The van der Waals surface area contributed by atoms with E-state index in [1.165, 1.54) is 6.07 Å². The van der Waals surface area contributed by atoms with E-state index in [2.05, 4.69) is 43.5 Å². The molecule has 3 aromatic carbocycles. The van der Waals surface area contributed by atoms with Gasteiger partial charge in [0.25, 0.3) is 5.69 Å². The second-order valence-electron chi connectivity index (χ2n) is 6.11. The number of imidazole rings is 1. The smallest absolute Gasteiger partial charge is 0.284 e. The highest BCUT2D eigenvalue weighted by molar-refractivity contribution is 14.1. The van der Waals surface area contributed by atoms with Gasteiger partial charge in [-0.15, -0.1) is 0 Å². The van der Waals surface area contributed by atoms with E-state index in [1.807, 2.05) is 60.7 Å². The third-order valence-corrected chi connectivity index (χ3v) is 5.69. The summed E-state index contributed by atoms with van der Waals surface area (Å²) in [5.41, 5.74) is 4.33. The summed E-state index contributed by atoms with van der Waals surface area (Å²) in [5.74, 6) is 0.586. The molecule has 5 nitrogen and oxygen atoms in total. The average molecular weight is 546 g/mol. The van der Waals surface area contributed by atoms with Crippen LogP contribution >= 0.6 is 38.5 Å². The van der Waals surface area contributed by atoms with Crippen molar-refractivity contribution in [1.29, 1.82) is 0 Å². The monoisotopic (exact) mass is 545 g/mol. The molecule has 0 atom stereocenters. The van der Waals surface area contributed by atoms with Gasteiger partial charge in [0.1, 0.15) is 5.82 Å². The van der Waals surface area contributed by atoms with Crippen LogP contribution in [0, 0.1) is 13.7 Å². The number of hydrogen-bond acceptors (Lipinski definition) is 3. The largest absolute Gasteiger partial charge is 0.337 e. The minimum atomic E-state index is -0.408. The molecule has 0 aliphatic rings. The molecular formula is C21H13BrIN3O2. The lowest BCUT2D eigenvalue weighted by molar-refractivity contribution is -0.385. The highest BCUT2D eigenvalue weighted by atomic mass is 127. The molecule has 1 aromatic heterocycles. The molecule has 4 rings (SSSR count). The fourth-order valence-electron chi connectivity index (χ4n) is 2.94. The van der Waals surface area contributed by atoms with E-state index in [1.54, 1.807) is 6.07 Å². The van der Waals surface area contributed by atoms with Gasteiger partial charge in [-0.05, 0) is 62.8 Å². The van der Waals surface area contributed by atoms with Crippen molar-refractivity contribution >= 4 is 44.2 Å². The Hall–Kier alpha value is -2.52. The summed E-state index contributed by atoms with van der Waals surface area (Å²) in [4.78, 5) is 19.0. The van der Waals surface area contributed by atoms with E-state index in [0.717, 1.165) is 26.1 Å². The molecule has 0 unspecified atom stereocenters. The number of aromatic amines is 1. The molecule has 0 spiro atoms. The molecule has 0 fully saturated rings. The van der Waals surface area contributed by atoms with Crippen molar-refractivity contribution in [3.8, 4) is 33.9 Å². The summed E-state index contributed by atoms with van der Waals surface area (Å²) in [6, 6.07) is 23.0. The van der Waals surface area contributed by atoms with Crippen molar-refractivity contribution in [2.24, 2.45) is 0 Å². The molecule has 7 heteroatoms. The van der Waals surface area contributed by atoms with Gasteiger partial charge >= 0.3 is 0 Å². The Labute approximate surface area is 183 Å². The van der Waals surface area contributed by atoms with Crippen molar-refractivity contribution in [3.63, 3.8) is 0 Å². The second kappa shape index (κ2) is 7.84. The van der Waals surface area contributed by atoms with Gasteiger partial charge < -0.3 is 4.98 Å². The predicted molar refractivity (Wildman–Crippen MR) is 122 cm³/mol. The van der Waals surface area contributed by atoms with Gasteiger partial charge in [-0.3, -0.25) is 10.1 Å². The summed E-state index contributed by atoms with van der Waals surface area (Å²) in [6.45, 7) is 0. The van der Waals surface area contributed by atoms with Crippen LogP contribution < -0.4 is 0 Å². The normalized spacial score (nSPS) is 10.8. The fourth-order valence-corrected chi connectivity index (χ4v) is 3.69. The van der Waals surface area contributed by atoms with Gasteiger partial charge in [-0.2, -0.15) is 0 Å². The van der Waals surface area contributed by atoms with Crippen LogP contribution in [0.2, 0.25) is 0 Å². The molecule has 138 valence electrons. The van der Waals surface area contributed by atoms with Crippen LogP contribution in [-0.4, -0.2) is 14.9 Å². The maximum atomic E-state index is 11.3. The van der Waals surface area contributed by atoms with Crippen LogP contribution in [0.4, 0.5) is 5.69 Å². The lowest BCUT2D eigenvalue weighted by Crippen LogP contribution is -1.91. The first-order chi connectivity index (χ1) is 13.5. The molecule has 1 N–H and O–H groups in total. The van der Waals surface area contributed by atoms with Crippen LogP contribution in [-0.2, 0) is 0 Å². The van der Waals surface area contributed by atoms with Crippen LogP contribution in [0.25, 0.3) is 33.9 Å². The van der Waals surface area contributed by atoms with Gasteiger partial charge in [0.15, 0.2) is 0 Å². The second-order valence-corrected chi connectivity index (χ2v) is 8.21. The maximum Gasteiger partial charge on any atom is 0.284 e. The molecular weight excluding hydrogens is 533 g/mol. The summed E-state index contributed by atoms with van der Waals surface area (Å²) >= 11 is 5.50. The van der Waals surface area contributed by atoms with Crippen molar-refractivity contribution in [3.05, 3.63) is 91.0 Å². The topological polar surface area (TPSA) is 71.8 Å². The van der Waals surface area contributed by atoms with E-state index in [9.17, 15) is 10.1 Å². The number of nitro groups is 1. The summed E-state index contributed by atoms with van der Waals surface area (Å²) < 4.78 is 1.58. The average Bonchev–Trinajstić information content (AvgIpc) is 3.15. The molecule has 1 heterocycles. The summed E-state index contributed by atoms with van der Waals surface area (Å²) in [7, 11) is 0. The van der Waals surface area contributed by atoms with Gasteiger partial charge in [0.2, 0.25) is 0 Å². The van der Waals surface area contributed by atoms with Crippen molar-refractivity contribution in [2.75, 3.05) is 0 Å². The van der Waals surface area contributed by atoms with E-state index in [-0.39, 0.29) is 5.69 Å². The van der Waals surface area contributed by atoms with E-state index in [4.69, 9.17) is 4.98 Å². The third kappa shape index (κ3) is 3.72. The minimum Gasteiger partial charge on any atom is -0.337 e. The number of hydrogen-bond donors (Lipinski definition) is 1. The van der Waals surface area contributed by atoms with E-state index in [0.29, 0.717) is 15.9 Å². The Balaban J connectivity index is 1.90. The van der Waals surface area contributed by atoms with Crippen LogP contribution in [0.5, 0.6) is 0 Å². The number of H-pyrrole nitrogens is 1. The lowest BCUT2D eigenvalue weighted by Gasteiger charge is -2.03. The molecule has 0 saturated carbocycles. The molecule has 0 saturated heterocycles. The first-order valence-electron chi connectivity index (χ1n) is 8.38. The number of nitro benzene ring substituents is 1. The number of rotatable bonds is 4. The highest BCUT2D eigenvalue weighted by Crippen LogP contribution is 2.35. The van der Waals surface area contributed by atoms with Gasteiger partial charge in [-0.25, -0.2) is 4.98 Å². The predicted octanol–water partition coefficient (Wildman–Crippen LogP) is 6.69. The number of nitrogens with one attached hydrogen (secondary N) is 1. The fraction of sp³-hybridized carbons (Fsp3) is 0. The summed E-state index contributed by atoms with van der Waals surface area (Å²) in [5, 5.41) is 11.3. The standard InChI is InChI=1S/C21H13BrIN3O2/c22-17-11-8-15(12-18(17)26(27)28)21-24-19(13-4-2-1-3-5-13)20(25-21)14-6-9-16(23)10-7-14/h1-12H,(H,24,25). The van der Waals surface area contributed by atoms with Gasteiger partial charge in [0.05, 0.1) is 20.8 Å². The van der Waals surface area contributed by atoms with Crippen LogP contribution in [0.15, 0.2) is 77.3 Å². The molecule has 0 radical (unpaired) electrons. The third-order valence-electron chi connectivity index (χ3n) is 4.30. The molecule has 0 amide bonds. The molecule has 0 bridgehead atoms. The quantitative estimate of drug-likeness (QED) is 0.176. The number of benzene rings is 3. The lowest BCUT2D eigenvalue weighted by atomic mass is 10.1. The van der Waals surface area contributed by atoms with Crippen molar-refractivity contribution in [1.82, 2.24) is 9.97 Å². The molecule has 0 aliphatic heterocycles. The van der Waals surface area contributed by atoms with Crippen molar-refractivity contribution in [2.45, 2.75) is 0 Å². The molecule has 4 aromatic rings. The Bertz CT molecular complexity index is 1160. The van der Waals surface area contributed by atoms with E-state index >= 15 is 0 Å². The molecule has 28 heavy (non-hydrogen) atoms. The zero-order valence-corrected chi connectivity index (χ0v) is 18.1. The Kier molecular flexibility index (Phi) is 5.27. The van der Waals surface area contributed by atoms with E-state index < -0.39 is 4.92 Å². The first kappa shape index (κ1) is 18.8. The number of aromatic nitrogens is 2. The Morgan fingerprint density at radius 2 is 1.61 bits per heavy atom. The highest BCUT2D eigenvalue weighted by Gasteiger charge is 2.18. The Morgan fingerprint density at radius 3 is 2.29 bits per heavy atom.